The van der Waals surface area contributed by atoms with Crippen molar-refractivity contribution in [2.45, 2.75) is 32.6 Å². The molecule has 0 spiro atoms. The zero-order chi connectivity index (χ0) is 19.4. The Morgan fingerprint density at radius 3 is 2.70 bits per heavy atom. The first kappa shape index (κ1) is 20.2. The van der Waals surface area contributed by atoms with Gasteiger partial charge in [0.05, 0.1) is 31.3 Å². The smallest absolute Gasteiger partial charge is 0.199 e. The molecule has 1 aromatic heterocycles. The molecule has 9 heteroatoms. The van der Waals surface area contributed by atoms with E-state index in [-0.39, 0.29) is 17.5 Å². The van der Waals surface area contributed by atoms with Crippen molar-refractivity contribution in [3.05, 3.63) is 46.5 Å². The molecular formula is C18H26N4O3S2. The van der Waals surface area contributed by atoms with Gasteiger partial charge in [0.1, 0.15) is 5.82 Å². The summed E-state index contributed by atoms with van der Waals surface area (Å²) in [5, 5.41) is 4.61. The first-order chi connectivity index (χ1) is 12.9. The van der Waals surface area contributed by atoms with E-state index in [2.05, 4.69) is 22.1 Å². The molecule has 27 heavy (non-hydrogen) atoms. The van der Waals surface area contributed by atoms with Gasteiger partial charge in [0, 0.05) is 19.7 Å². The lowest BCUT2D eigenvalue weighted by Gasteiger charge is -2.27. The predicted octanol–water partition coefficient (Wildman–Crippen LogP) is 1.86. The maximum absolute atomic E-state index is 11.9. The topological polar surface area (TPSA) is 69.4 Å². The quantitative estimate of drug-likeness (QED) is 0.619. The van der Waals surface area contributed by atoms with E-state index in [4.69, 9.17) is 17.0 Å². The molecule has 0 saturated carbocycles. The number of aryl methyl sites for hydroxylation is 1. The minimum absolute atomic E-state index is 0.0216. The Hall–Kier alpha value is -1.55. The first-order valence-corrected chi connectivity index (χ1v) is 11.2. The normalized spacial score (nSPS) is 19.0. The van der Waals surface area contributed by atoms with Crippen LogP contribution in [0.3, 0.4) is 0 Å². The molecule has 148 valence electrons. The van der Waals surface area contributed by atoms with E-state index in [1.165, 1.54) is 0 Å². The van der Waals surface area contributed by atoms with Crippen molar-refractivity contribution < 1.29 is 13.2 Å². The third-order valence-electron chi connectivity index (χ3n) is 4.91. The molecule has 1 atom stereocenters. The number of benzene rings is 1. The number of hydrogen-bond acceptors (Lipinski definition) is 6. The predicted molar refractivity (Wildman–Crippen MR) is 107 cm³/mol. The number of rotatable bonds is 8. The van der Waals surface area contributed by atoms with E-state index in [0.29, 0.717) is 37.6 Å². The van der Waals surface area contributed by atoms with Crippen LogP contribution in [0.5, 0.6) is 0 Å². The standard InChI is InChI=1S/C18H26N4O3S2/c1-15-19-22(18(26)21(15)12-16-6-4-3-5-7-16)14-20(9-10-25-2)17-8-11-27(23,24)13-17/h3-7,17H,8-14H2,1-2H3/t17-/m0/s1. The van der Waals surface area contributed by atoms with Crippen LogP contribution in [0.2, 0.25) is 0 Å². The summed E-state index contributed by atoms with van der Waals surface area (Å²) in [7, 11) is -1.31. The molecule has 0 unspecified atom stereocenters. The average Bonchev–Trinajstić information content (AvgIpc) is 3.13. The SMILES string of the molecule is COCCN(Cn1nc(C)n(Cc2ccccc2)c1=S)[C@H]1CCS(=O)(=O)C1. The van der Waals surface area contributed by atoms with Gasteiger partial charge in [0.15, 0.2) is 14.6 Å². The molecule has 1 aliphatic rings. The van der Waals surface area contributed by atoms with Gasteiger partial charge in [-0.1, -0.05) is 30.3 Å². The van der Waals surface area contributed by atoms with E-state index in [0.717, 1.165) is 11.4 Å². The monoisotopic (exact) mass is 410 g/mol. The van der Waals surface area contributed by atoms with E-state index in [9.17, 15) is 8.42 Å². The van der Waals surface area contributed by atoms with Crippen molar-refractivity contribution in [2.24, 2.45) is 0 Å². The van der Waals surface area contributed by atoms with Crippen LogP contribution >= 0.6 is 12.2 Å². The minimum atomic E-state index is -2.95. The number of methoxy groups -OCH3 is 1. The molecule has 1 fully saturated rings. The van der Waals surface area contributed by atoms with Gasteiger partial charge in [-0.05, 0) is 31.1 Å². The Kier molecular flexibility index (Phi) is 6.46. The van der Waals surface area contributed by atoms with Crippen LogP contribution < -0.4 is 0 Å². The van der Waals surface area contributed by atoms with Crippen molar-refractivity contribution in [2.75, 3.05) is 31.8 Å². The second-order valence-corrected chi connectivity index (χ2v) is 9.50. The summed E-state index contributed by atoms with van der Waals surface area (Å²) in [6, 6.07) is 10.1. The lowest BCUT2D eigenvalue weighted by Crippen LogP contribution is -2.40. The summed E-state index contributed by atoms with van der Waals surface area (Å²) in [5.74, 6) is 1.27. The number of sulfone groups is 1. The zero-order valence-electron chi connectivity index (χ0n) is 15.7. The highest BCUT2D eigenvalue weighted by Gasteiger charge is 2.32. The van der Waals surface area contributed by atoms with Gasteiger partial charge >= 0.3 is 0 Å². The van der Waals surface area contributed by atoms with Crippen LogP contribution in [0.25, 0.3) is 0 Å². The fourth-order valence-electron chi connectivity index (χ4n) is 3.40. The van der Waals surface area contributed by atoms with Crippen LogP contribution in [0.1, 0.15) is 17.8 Å². The Balaban J connectivity index is 1.80. The maximum Gasteiger partial charge on any atom is 0.199 e. The van der Waals surface area contributed by atoms with E-state index < -0.39 is 9.84 Å². The molecule has 2 aromatic rings. The van der Waals surface area contributed by atoms with Crippen molar-refractivity contribution >= 4 is 22.1 Å². The van der Waals surface area contributed by atoms with Crippen molar-refractivity contribution in [3.63, 3.8) is 0 Å². The molecule has 0 N–H and O–H groups in total. The van der Waals surface area contributed by atoms with Gasteiger partial charge < -0.3 is 4.74 Å². The summed E-state index contributed by atoms with van der Waals surface area (Å²) in [6.45, 7) is 4.25. The van der Waals surface area contributed by atoms with E-state index in [1.54, 1.807) is 11.8 Å². The van der Waals surface area contributed by atoms with Crippen LogP contribution in [-0.2, 0) is 27.8 Å². The minimum Gasteiger partial charge on any atom is -0.383 e. The van der Waals surface area contributed by atoms with Gasteiger partial charge in [0.2, 0.25) is 0 Å². The Labute approximate surface area is 165 Å². The Morgan fingerprint density at radius 2 is 2.07 bits per heavy atom. The van der Waals surface area contributed by atoms with E-state index >= 15 is 0 Å². The lowest BCUT2D eigenvalue weighted by atomic mass is 10.2. The number of hydrogen-bond donors (Lipinski definition) is 0. The average molecular weight is 411 g/mol. The number of aromatic nitrogens is 3. The Bertz CT molecular complexity index is 922. The first-order valence-electron chi connectivity index (χ1n) is 9.01. The molecule has 7 nitrogen and oxygen atoms in total. The zero-order valence-corrected chi connectivity index (χ0v) is 17.4. The van der Waals surface area contributed by atoms with Gasteiger partial charge in [0.25, 0.3) is 0 Å². The molecule has 1 aromatic carbocycles. The van der Waals surface area contributed by atoms with Crippen LogP contribution in [-0.4, -0.2) is 65.5 Å². The van der Waals surface area contributed by atoms with E-state index in [1.807, 2.05) is 29.7 Å². The second kappa shape index (κ2) is 8.64. The van der Waals surface area contributed by atoms with Crippen LogP contribution in [0.4, 0.5) is 0 Å². The van der Waals surface area contributed by atoms with Gasteiger partial charge in [-0.15, -0.1) is 0 Å². The van der Waals surface area contributed by atoms with Gasteiger partial charge in [-0.25, -0.2) is 13.1 Å². The third kappa shape index (κ3) is 5.04. The van der Waals surface area contributed by atoms with Crippen LogP contribution in [0, 0.1) is 11.7 Å². The summed E-state index contributed by atoms with van der Waals surface area (Å²) >= 11 is 5.65. The summed E-state index contributed by atoms with van der Waals surface area (Å²) in [6.07, 6.45) is 0.642. The number of nitrogens with zero attached hydrogens (tertiary/aromatic N) is 4. The summed E-state index contributed by atoms with van der Waals surface area (Å²) in [4.78, 5) is 2.11. The lowest BCUT2D eigenvalue weighted by molar-refractivity contribution is 0.0979. The van der Waals surface area contributed by atoms with Crippen LogP contribution in [0.15, 0.2) is 30.3 Å². The molecule has 3 rings (SSSR count). The fourth-order valence-corrected chi connectivity index (χ4v) is 5.46. The van der Waals surface area contributed by atoms with Crippen molar-refractivity contribution in [3.8, 4) is 0 Å². The molecule has 1 saturated heterocycles. The van der Waals surface area contributed by atoms with Gasteiger partial charge in [-0.3, -0.25) is 9.47 Å². The number of ether oxygens (including phenoxy) is 1. The largest absolute Gasteiger partial charge is 0.383 e. The summed E-state index contributed by atoms with van der Waals surface area (Å²) in [5.41, 5.74) is 1.16. The summed E-state index contributed by atoms with van der Waals surface area (Å²) < 4.78 is 33.4. The van der Waals surface area contributed by atoms with Crippen molar-refractivity contribution in [1.82, 2.24) is 19.2 Å². The molecule has 2 heterocycles. The fraction of sp³-hybridized carbons (Fsp3) is 0.556. The third-order valence-corrected chi connectivity index (χ3v) is 7.10. The molecule has 1 aliphatic heterocycles. The van der Waals surface area contributed by atoms with Crippen molar-refractivity contribution in [1.29, 1.82) is 0 Å². The maximum atomic E-state index is 11.9. The molecule has 0 radical (unpaired) electrons. The molecule has 0 bridgehead atoms. The highest BCUT2D eigenvalue weighted by Crippen LogP contribution is 2.19. The highest BCUT2D eigenvalue weighted by molar-refractivity contribution is 7.91. The molecule has 0 aliphatic carbocycles. The second-order valence-electron chi connectivity index (χ2n) is 6.90. The molecular weight excluding hydrogens is 384 g/mol. The molecule has 0 amide bonds. The van der Waals surface area contributed by atoms with Gasteiger partial charge in [-0.2, -0.15) is 5.10 Å². The Morgan fingerprint density at radius 1 is 1.33 bits per heavy atom. The highest BCUT2D eigenvalue weighted by atomic mass is 32.2.